The summed E-state index contributed by atoms with van der Waals surface area (Å²) in [4.78, 5) is 27.1. The molecule has 0 N–H and O–H groups in total. The minimum absolute atomic E-state index is 0.0593. The number of hydrogen-bond donors (Lipinski definition) is 0. The van der Waals surface area contributed by atoms with Crippen LogP contribution in [0.25, 0.3) is 0 Å². The molecule has 1 unspecified atom stereocenters. The Balaban J connectivity index is 1.98. The molecular formula is C15H23NO3. The molecule has 4 nitrogen and oxygen atoms in total. The molecule has 2 saturated heterocycles. The Morgan fingerprint density at radius 3 is 3.05 bits per heavy atom. The maximum Gasteiger partial charge on any atom is 0.313 e. The van der Waals surface area contributed by atoms with Crippen molar-refractivity contribution in [1.82, 2.24) is 4.90 Å². The lowest BCUT2D eigenvalue weighted by molar-refractivity contribution is -0.173. The molecule has 2 aliphatic heterocycles. The smallest absolute Gasteiger partial charge is 0.313 e. The Morgan fingerprint density at radius 1 is 1.53 bits per heavy atom. The van der Waals surface area contributed by atoms with Gasteiger partial charge < -0.3 is 9.64 Å². The van der Waals surface area contributed by atoms with Gasteiger partial charge in [-0.25, -0.2) is 0 Å². The summed E-state index contributed by atoms with van der Waals surface area (Å²) in [7, 11) is 0. The van der Waals surface area contributed by atoms with E-state index in [1.807, 2.05) is 6.92 Å². The molecule has 3 fully saturated rings. The monoisotopic (exact) mass is 265 g/mol. The van der Waals surface area contributed by atoms with Gasteiger partial charge in [-0.05, 0) is 38.1 Å². The van der Waals surface area contributed by atoms with Crippen molar-refractivity contribution in [3.05, 3.63) is 0 Å². The molecule has 0 aromatic rings. The van der Waals surface area contributed by atoms with Gasteiger partial charge in [0.15, 0.2) is 0 Å². The zero-order valence-electron chi connectivity index (χ0n) is 11.9. The molecule has 3 rings (SSSR count). The second kappa shape index (κ2) is 4.58. The molecule has 0 spiro atoms. The van der Waals surface area contributed by atoms with Gasteiger partial charge in [-0.1, -0.05) is 6.92 Å². The summed E-state index contributed by atoms with van der Waals surface area (Å²) < 4.78 is 5.37. The number of rotatable bonds is 2. The van der Waals surface area contributed by atoms with Gasteiger partial charge in [-0.3, -0.25) is 9.59 Å². The largest absolute Gasteiger partial charge is 0.466 e. The van der Waals surface area contributed by atoms with Crippen LogP contribution in [-0.2, 0) is 14.3 Å². The number of ether oxygens (including phenoxy) is 1. The Morgan fingerprint density at radius 2 is 2.32 bits per heavy atom. The van der Waals surface area contributed by atoms with Gasteiger partial charge in [-0.15, -0.1) is 0 Å². The van der Waals surface area contributed by atoms with Crippen LogP contribution in [0, 0.1) is 23.2 Å². The van der Waals surface area contributed by atoms with Crippen LogP contribution in [-0.4, -0.2) is 42.9 Å². The first-order chi connectivity index (χ1) is 9.08. The van der Waals surface area contributed by atoms with Crippen LogP contribution in [0.5, 0.6) is 0 Å². The molecule has 1 aliphatic carbocycles. The van der Waals surface area contributed by atoms with E-state index in [0.717, 1.165) is 32.5 Å². The fraction of sp³-hybridized carbons (Fsp3) is 0.867. The Bertz CT molecular complexity index is 408. The van der Waals surface area contributed by atoms with Crippen LogP contribution < -0.4 is 0 Å². The summed E-state index contributed by atoms with van der Waals surface area (Å²) >= 11 is 0. The summed E-state index contributed by atoms with van der Waals surface area (Å²) in [6.07, 6.45) is 2.58. The number of hydrogen-bond acceptors (Lipinski definition) is 4. The van der Waals surface area contributed by atoms with E-state index in [9.17, 15) is 9.59 Å². The fourth-order valence-electron chi connectivity index (χ4n) is 4.80. The highest BCUT2D eigenvalue weighted by Crippen LogP contribution is 2.54. The third-order valence-electron chi connectivity index (χ3n) is 5.36. The van der Waals surface area contributed by atoms with E-state index in [1.165, 1.54) is 0 Å². The lowest BCUT2D eigenvalue weighted by Gasteiger charge is -2.52. The van der Waals surface area contributed by atoms with Crippen LogP contribution in [0.15, 0.2) is 0 Å². The van der Waals surface area contributed by atoms with Crippen LogP contribution in [0.4, 0.5) is 0 Å². The van der Waals surface area contributed by atoms with Crippen LogP contribution in [0.2, 0.25) is 0 Å². The van der Waals surface area contributed by atoms with E-state index in [2.05, 4.69) is 11.8 Å². The maximum absolute atomic E-state index is 12.6. The number of piperidine rings is 2. The average molecular weight is 265 g/mol. The molecule has 3 aliphatic rings. The predicted octanol–water partition coefficient (Wildman–Crippen LogP) is 1.49. The molecule has 0 aromatic carbocycles. The number of Topliss-reactive ketones (excluding diaryl/α,β-unsaturated/α-hetero) is 1. The van der Waals surface area contributed by atoms with Crippen molar-refractivity contribution in [1.29, 1.82) is 0 Å². The normalized spacial score (nSPS) is 44.8. The topological polar surface area (TPSA) is 46.6 Å². The number of fused-ring (bicyclic) bond motifs is 4. The summed E-state index contributed by atoms with van der Waals surface area (Å²) in [5.74, 6) is 0.889. The first-order valence-electron chi connectivity index (χ1n) is 7.51. The van der Waals surface area contributed by atoms with E-state index >= 15 is 0 Å². The second-order valence-corrected chi connectivity index (χ2v) is 6.50. The first kappa shape index (κ1) is 13.1. The Hall–Kier alpha value is -0.900. The second-order valence-electron chi connectivity index (χ2n) is 6.50. The van der Waals surface area contributed by atoms with Crippen molar-refractivity contribution in [2.45, 2.75) is 33.1 Å². The summed E-state index contributed by atoms with van der Waals surface area (Å²) in [5.41, 5.74) is -0.414. The number of ketones is 1. The molecule has 5 atom stereocenters. The number of carbonyl (C=O) groups is 2. The Kier molecular flexibility index (Phi) is 3.16. The lowest BCUT2D eigenvalue weighted by Crippen LogP contribution is -2.60. The summed E-state index contributed by atoms with van der Waals surface area (Å²) in [5, 5.41) is 0. The third kappa shape index (κ3) is 1.83. The standard InChI is InChI=1S/C15H23NO3/c1-3-19-14(18)15-5-4-6-16(9-15)8-11-12(17)7-10(2)13(11)15/h10-11,13H,3-9H2,1-2H3/t10-,11+,13-,15+/m0/s1. The molecule has 2 bridgehead atoms. The number of esters is 1. The van der Waals surface area contributed by atoms with Crippen molar-refractivity contribution >= 4 is 11.8 Å². The van der Waals surface area contributed by atoms with E-state index < -0.39 is 5.41 Å². The van der Waals surface area contributed by atoms with Crippen LogP contribution in [0.1, 0.15) is 33.1 Å². The molecule has 1 saturated carbocycles. The van der Waals surface area contributed by atoms with Crippen LogP contribution >= 0.6 is 0 Å². The molecule has 4 heteroatoms. The molecule has 0 amide bonds. The maximum atomic E-state index is 12.6. The highest BCUT2D eigenvalue weighted by atomic mass is 16.5. The molecule has 106 valence electrons. The van der Waals surface area contributed by atoms with Gasteiger partial charge in [0.2, 0.25) is 0 Å². The van der Waals surface area contributed by atoms with Gasteiger partial charge in [0, 0.05) is 25.4 Å². The zero-order chi connectivity index (χ0) is 13.6. The fourth-order valence-corrected chi connectivity index (χ4v) is 4.80. The summed E-state index contributed by atoms with van der Waals surface area (Å²) in [6, 6.07) is 0. The molecular weight excluding hydrogens is 242 g/mol. The SMILES string of the molecule is CCOC(=O)[C@@]12CCCN(C[C@@H]3C(=O)C[C@H](C)[C@@H]31)C2. The van der Waals surface area contributed by atoms with Crippen molar-refractivity contribution in [3.63, 3.8) is 0 Å². The van der Waals surface area contributed by atoms with Crippen molar-refractivity contribution in [2.75, 3.05) is 26.2 Å². The minimum Gasteiger partial charge on any atom is -0.466 e. The molecule has 19 heavy (non-hydrogen) atoms. The Labute approximate surface area is 114 Å². The first-order valence-corrected chi connectivity index (χ1v) is 7.51. The third-order valence-corrected chi connectivity index (χ3v) is 5.36. The van der Waals surface area contributed by atoms with Gasteiger partial charge in [-0.2, -0.15) is 0 Å². The van der Waals surface area contributed by atoms with Crippen LogP contribution in [0.3, 0.4) is 0 Å². The minimum atomic E-state index is -0.414. The highest BCUT2D eigenvalue weighted by molar-refractivity contribution is 5.87. The van der Waals surface area contributed by atoms with Gasteiger partial charge in [0.1, 0.15) is 5.78 Å². The van der Waals surface area contributed by atoms with Crippen molar-refractivity contribution < 1.29 is 14.3 Å². The van der Waals surface area contributed by atoms with E-state index in [4.69, 9.17) is 4.74 Å². The summed E-state index contributed by atoms with van der Waals surface area (Å²) in [6.45, 7) is 7.10. The van der Waals surface area contributed by atoms with Crippen molar-refractivity contribution in [3.8, 4) is 0 Å². The lowest BCUT2D eigenvalue weighted by atomic mass is 9.61. The zero-order valence-corrected chi connectivity index (χ0v) is 11.9. The molecule has 2 heterocycles. The predicted molar refractivity (Wildman–Crippen MR) is 70.5 cm³/mol. The van der Waals surface area contributed by atoms with E-state index in [-0.39, 0.29) is 17.8 Å². The van der Waals surface area contributed by atoms with E-state index in [1.54, 1.807) is 0 Å². The van der Waals surface area contributed by atoms with Gasteiger partial charge in [0.05, 0.1) is 12.0 Å². The quantitative estimate of drug-likeness (QED) is 0.710. The molecule has 0 aromatic heterocycles. The van der Waals surface area contributed by atoms with E-state index in [0.29, 0.717) is 24.7 Å². The highest BCUT2D eigenvalue weighted by Gasteiger charge is 2.60. The van der Waals surface area contributed by atoms with Gasteiger partial charge in [0.25, 0.3) is 0 Å². The van der Waals surface area contributed by atoms with Crippen molar-refractivity contribution in [2.24, 2.45) is 23.2 Å². The molecule has 0 radical (unpaired) electrons. The van der Waals surface area contributed by atoms with Gasteiger partial charge >= 0.3 is 5.97 Å². The number of nitrogens with zero attached hydrogens (tertiary/aromatic N) is 1. The average Bonchev–Trinajstić information content (AvgIpc) is 2.65. The number of carbonyl (C=O) groups excluding carboxylic acids is 2.